The van der Waals surface area contributed by atoms with Gasteiger partial charge in [-0.2, -0.15) is 10.2 Å². The molecule has 1 N–H and O–H groups in total. The van der Waals surface area contributed by atoms with Crippen LogP contribution in [0.4, 0.5) is 0 Å². The Balaban J connectivity index is 1.35. The summed E-state index contributed by atoms with van der Waals surface area (Å²) in [4.78, 5) is 38.5. The summed E-state index contributed by atoms with van der Waals surface area (Å²) in [5.41, 5.74) is 6.22. The molecule has 1 fully saturated rings. The van der Waals surface area contributed by atoms with E-state index in [4.69, 9.17) is 0 Å². The van der Waals surface area contributed by atoms with E-state index in [1.54, 1.807) is 11.1 Å². The van der Waals surface area contributed by atoms with Crippen LogP contribution >= 0.6 is 0 Å². The minimum Gasteiger partial charge on any atom is -0.322 e. The maximum absolute atomic E-state index is 13.0. The smallest absolute Gasteiger partial charge is 0.255 e. The predicted molar refractivity (Wildman–Crippen MR) is 127 cm³/mol. The van der Waals surface area contributed by atoms with Gasteiger partial charge in [0.25, 0.3) is 5.91 Å². The average Bonchev–Trinajstić information content (AvgIpc) is 3.59. The van der Waals surface area contributed by atoms with Crippen molar-refractivity contribution in [2.75, 3.05) is 0 Å². The number of fused-ring (bicyclic) bond motifs is 1. The van der Waals surface area contributed by atoms with E-state index in [1.807, 2.05) is 71.3 Å². The zero-order valence-electron chi connectivity index (χ0n) is 19.0. The first-order chi connectivity index (χ1) is 17.0. The molecule has 2 aliphatic rings. The van der Waals surface area contributed by atoms with Crippen molar-refractivity contribution in [1.29, 1.82) is 0 Å². The zero-order chi connectivity index (χ0) is 24.1. The van der Waals surface area contributed by atoms with Crippen LogP contribution in [0.2, 0.25) is 0 Å². The summed E-state index contributed by atoms with van der Waals surface area (Å²) in [5.74, 6) is -0.882. The van der Waals surface area contributed by atoms with Gasteiger partial charge in [0.05, 0.1) is 17.6 Å². The maximum Gasteiger partial charge on any atom is 0.255 e. The number of aryl methyl sites for hydroxylation is 1. The Morgan fingerprint density at radius 1 is 0.971 bits per heavy atom. The highest BCUT2D eigenvalue weighted by Gasteiger charge is 2.39. The number of aromatic nitrogens is 4. The number of hydrogen-bond donors (Lipinski definition) is 1. The molecule has 1 saturated heterocycles. The van der Waals surface area contributed by atoms with E-state index in [-0.39, 0.29) is 18.2 Å². The molecule has 2 aliphatic heterocycles. The SMILES string of the molecule is Cn1ncc(-c2ccc3c(c2)CN([C@H]2CCC(=O)NC2=O)C3=O)c1-c1cccc(-n2cccn2)c1. The number of amides is 3. The van der Waals surface area contributed by atoms with Crippen LogP contribution < -0.4 is 5.32 Å². The van der Waals surface area contributed by atoms with Gasteiger partial charge in [-0.3, -0.25) is 24.4 Å². The molecule has 2 aromatic heterocycles. The fraction of sp³-hybridized carbons (Fsp3) is 0.192. The van der Waals surface area contributed by atoms with Crippen molar-refractivity contribution in [3.05, 3.63) is 78.2 Å². The van der Waals surface area contributed by atoms with Crippen LogP contribution in [0.5, 0.6) is 0 Å². The highest BCUT2D eigenvalue weighted by atomic mass is 16.2. The molecule has 2 aromatic carbocycles. The largest absolute Gasteiger partial charge is 0.322 e. The summed E-state index contributed by atoms with van der Waals surface area (Å²) in [5, 5.41) is 11.2. The summed E-state index contributed by atoms with van der Waals surface area (Å²) in [6.45, 7) is 0.332. The molecule has 0 saturated carbocycles. The van der Waals surface area contributed by atoms with Crippen molar-refractivity contribution in [2.45, 2.75) is 25.4 Å². The lowest BCUT2D eigenvalue weighted by atomic mass is 9.98. The van der Waals surface area contributed by atoms with Crippen molar-refractivity contribution in [2.24, 2.45) is 7.05 Å². The van der Waals surface area contributed by atoms with Gasteiger partial charge in [-0.15, -0.1) is 0 Å². The van der Waals surface area contributed by atoms with Crippen LogP contribution in [0, 0.1) is 0 Å². The molecule has 35 heavy (non-hydrogen) atoms. The van der Waals surface area contributed by atoms with Crippen LogP contribution in [-0.4, -0.2) is 48.2 Å². The van der Waals surface area contributed by atoms with Crippen LogP contribution in [0.25, 0.3) is 28.1 Å². The molecule has 9 heteroatoms. The van der Waals surface area contributed by atoms with Gasteiger partial charge in [-0.1, -0.05) is 18.2 Å². The highest BCUT2D eigenvalue weighted by molar-refractivity contribution is 6.05. The minimum absolute atomic E-state index is 0.181. The molecule has 0 radical (unpaired) electrons. The van der Waals surface area contributed by atoms with Gasteiger partial charge in [0, 0.05) is 49.1 Å². The summed E-state index contributed by atoms with van der Waals surface area (Å²) in [6, 6.07) is 15.1. The zero-order valence-corrected chi connectivity index (χ0v) is 19.0. The standard InChI is InChI=1S/C26H22N6O3/c1-30-24(17-4-2-5-19(13-17)32-11-3-10-27-32)21(14-28-30)16-6-7-20-18(12-16)15-31(26(20)35)22-8-9-23(33)29-25(22)34/h2-7,10-14,22H,8-9,15H2,1H3,(H,29,33,34)/t22-/m0/s1. The Morgan fingerprint density at radius 2 is 1.86 bits per heavy atom. The highest BCUT2D eigenvalue weighted by Crippen LogP contribution is 2.36. The first kappa shape index (κ1) is 21.0. The third kappa shape index (κ3) is 3.52. The van der Waals surface area contributed by atoms with Gasteiger partial charge >= 0.3 is 0 Å². The van der Waals surface area contributed by atoms with Gasteiger partial charge in [0.15, 0.2) is 0 Å². The Bertz CT molecular complexity index is 1490. The molecule has 9 nitrogen and oxygen atoms in total. The number of imide groups is 1. The normalized spacial score (nSPS) is 17.6. The number of nitrogens with one attached hydrogen (secondary N) is 1. The van der Waals surface area contributed by atoms with Gasteiger partial charge in [-0.05, 0) is 47.9 Å². The molecule has 174 valence electrons. The van der Waals surface area contributed by atoms with Gasteiger partial charge in [0.2, 0.25) is 11.8 Å². The Kier molecular flexibility index (Phi) is 4.84. The fourth-order valence-electron chi connectivity index (χ4n) is 4.95. The predicted octanol–water partition coefficient (Wildman–Crippen LogP) is 2.70. The molecule has 3 amide bonds. The van der Waals surface area contributed by atoms with Crippen LogP contribution in [0.1, 0.15) is 28.8 Å². The molecule has 6 rings (SSSR count). The molecule has 0 aliphatic carbocycles. The summed E-state index contributed by atoms with van der Waals surface area (Å²) < 4.78 is 3.65. The number of nitrogens with zero attached hydrogens (tertiary/aromatic N) is 5. The summed E-state index contributed by atoms with van der Waals surface area (Å²) in [6.07, 6.45) is 6.04. The van der Waals surface area contributed by atoms with Crippen LogP contribution in [0.3, 0.4) is 0 Å². The lowest BCUT2D eigenvalue weighted by molar-refractivity contribution is -0.136. The van der Waals surface area contributed by atoms with Gasteiger partial charge < -0.3 is 4.90 Å². The van der Waals surface area contributed by atoms with E-state index >= 15 is 0 Å². The van der Waals surface area contributed by atoms with Crippen LogP contribution in [-0.2, 0) is 23.2 Å². The maximum atomic E-state index is 13.0. The molecule has 0 spiro atoms. The van der Waals surface area contributed by atoms with Gasteiger partial charge in [-0.25, -0.2) is 4.68 Å². The van der Waals surface area contributed by atoms with Gasteiger partial charge in [0.1, 0.15) is 6.04 Å². The second kappa shape index (κ2) is 8.05. The Morgan fingerprint density at radius 3 is 2.66 bits per heavy atom. The number of carbonyl (C=O) groups excluding carboxylic acids is 3. The second-order valence-corrected chi connectivity index (χ2v) is 8.80. The van der Waals surface area contributed by atoms with Crippen molar-refractivity contribution < 1.29 is 14.4 Å². The molecular formula is C26H22N6O3. The monoisotopic (exact) mass is 466 g/mol. The minimum atomic E-state index is -0.630. The number of hydrogen-bond acceptors (Lipinski definition) is 5. The Hall–Kier alpha value is -4.53. The third-order valence-electron chi connectivity index (χ3n) is 6.66. The molecule has 4 heterocycles. The third-order valence-corrected chi connectivity index (χ3v) is 6.66. The first-order valence-corrected chi connectivity index (χ1v) is 11.4. The van der Waals surface area contributed by atoms with E-state index in [1.165, 1.54) is 0 Å². The van der Waals surface area contributed by atoms with Crippen LogP contribution in [0.15, 0.2) is 67.1 Å². The number of rotatable bonds is 4. The van der Waals surface area contributed by atoms with Crippen molar-refractivity contribution in [1.82, 2.24) is 29.8 Å². The fourth-order valence-corrected chi connectivity index (χ4v) is 4.95. The number of carbonyl (C=O) groups is 3. The lowest BCUT2D eigenvalue weighted by Gasteiger charge is -2.29. The topological polar surface area (TPSA) is 102 Å². The Labute approximate surface area is 201 Å². The molecule has 0 unspecified atom stereocenters. The number of benzene rings is 2. The molecular weight excluding hydrogens is 444 g/mol. The second-order valence-electron chi connectivity index (χ2n) is 8.80. The van der Waals surface area contributed by atoms with E-state index in [2.05, 4.69) is 21.6 Å². The average molecular weight is 467 g/mol. The van der Waals surface area contributed by atoms with E-state index in [9.17, 15) is 14.4 Å². The molecule has 4 aromatic rings. The lowest BCUT2D eigenvalue weighted by Crippen LogP contribution is -2.52. The first-order valence-electron chi connectivity index (χ1n) is 11.4. The molecule has 1 atom stereocenters. The quantitative estimate of drug-likeness (QED) is 0.466. The summed E-state index contributed by atoms with van der Waals surface area (Å²) >= 11 is 0. The van der Waals surface area contributed by atoms with Crippen molar-refractivity contribution in [3.8, 4) is 28.1 Å². The van der Waals surface area contributed by atoms with E-state index in [0.29, 0.717) is 18.5 Å². The number of piperidine rings is 1. The van der Waals surface area contributed by atoms with Crippen molar-refractivity contribution >= 4 is 17.7 Å². The van der Waals surface area contributed by atoms with E-state index in [0.717, 1.165) is 33.6 Å². The van der Waals surface area contributed by atoms with Crippen molar-refractivity contribution in [3.63, 3.8) is 0 Å². The molecule has 0 bridgehead atoms. The summed E-state index contributed by atoms with van der Waals surface area (Å²) in [7, 11) is 1.90. The van der Waals surface area contributed by atoms with E-state index < -0.39 is 11.9 Å².